The van der Waals surface area contributed by atoms with Crippen LogP contribution in [0.15, 0.2) is 179 Å². The third-order valence-corrected chi connectivity index (χ3v) is 25.5. The van der Waals surface area contributed by atoms with Crippen molar-refractivity contribution in [1.82, 2.24) is 68.5 Å². The molecular weight excluding hydrogens is 1390 g/mol. The zero-order valence-corrected chi connectivity index (χ0v) is 63.8. The van der Waals surface area contributed by atoms with Crippen molar-refractivity contribution in [2.75, 3.05) is 6.61 Å². The van der Waals surface area contributed by atoms with E-state index in [4.69, 9.17) is 4.52 Å². The van der Waals surface area contributed by atoms with E-state index < -0.39 is 37.5 Å². The Kier molecular flexibility index (Phi) is 18.1. The van der Waals surface area contributed by atoms with Crippen molar-refractivity contribution in [2.45, 2.75) is 183 Å². The smallest absolute Gasteiger partial charge is 0.191 e. The summed E-state index contributed by atoms with van der Waals surface area (Å²) >= 11 is 1.67. The van der Waals surface area contributed by atoms with Gasteiger partial charge in [-0.05, 0) is 210 Å². The second kappa shape index (κ2) is 26.7. The van der Waals surface area contributed by atoms with Crippen LogP contribution in [0.3, 0.4) is 0 Å². The average molecular weight is 1470 g/mol. The molecule has 0 saturated heterocycles. The first kappa shape index (κ1) is 72.5. The van der Waals surface area contributed by atoms with Crippen molar-refractivity contribution in [3.63, 3.8) is 0 Å². The van der Waals surface area contributed by atoms with Gasteiger partial charge in [0.2, 0.25) is 0 Å². The lowest BCUT2D eigenvalue weighted by Gasteiger charge is -2.19. The number of aromatic nitrogens is 14. The number of pyridine rings is 4. The molecule has 14 aromatic rings. The number of benzene rings is 4. The van der Waals surface area contributed by atoms with Crippen molar-refractivity contribution in [1.29, 1.82) is 0 Å². The second-order valence-corrected chi connectivity index (χ2v) is 34.1. The minimum Gasteiger partial charge on any atom is -0.393 e. The molecule has 5 N–H and O–H groups in total. The highest BCUT2D eigenvalue weighted by Gasteiger charge is 2.60. The predicted octanol–water partition coefficient (Wildman–Crippen LogP) is 14.0. The average Bonchev–Trinajstić information content (AvgIpc) is 1.58. The van der Waals surface area contributed by atoms with Gasteiger partial charge in [0, 0.05) is 52.6 Å². The van der Waals surface area contributed by atoms with E-state index >= 15 is 0 Å². The van der Waals surface area contributed by atoms with Gasteiger partial charge in [-0.1, -0.05) is 114 Å². The molecule has 0 bridgehead atoms. The van der Waals surface area contributed by atoms with E-state index in [9.17, 15) is 34.0 Å². The minimum atomic E-state index is -3.62. The summed E-state index contributed by atoms with van der Waals surface area (Å²) in [5, 5.41) is 89.8. The lowest BCUT2D eigenvalue weighted by atomic mass is 9.92. The minimum absolute atomic E-state index is 0.0874. The van der Waals surface area contributed by atoms with E-state index in [1.165, 1.54) is 32.7 Å². The molecular formula is C83H88N14O8S2. The second-order valence-electron chi connectivity index (χ2n) is 31.0. The maximum atomic E-state index is 13.5. The number of thiazole rings is 1. The molecule has 0 radical (unpaired) electrons. The zero-order valence-electron chi connectivity index (χ0n) is 62.1. The van der Waals surface area contributed by atoms with Crippen LogP contribution in [0.25, 0.3) is 44.2 Å². The Hall–Kier alpha value is -10.1. The number of sulfone groups is 1. The third kappa shape index (κ3) is 12.8. The lowest BCUT2D eigenvalue weighted by molar-refractivity contribution is 0.0790. The Bertz CT molecular complexity index is 5780. The number of rotatable bonds is 16. The van der Waals surface area contributed by atoms with Gasteiger partial charge >= 0.3 is 0 Å². The molecule has 1 atom stereocenters. The first-order chi connectivity index (χ1) is 50.9. The summed E-state index contributed by atoms with van der Waals surface area (Å²) < 4.78 is 38.9. The van der Waals surface area contributed by atoms with E-state index in [2.05, 4.69) is 131 Å². The summed E-state index contributed by atoms with van der Waals surface area (Å²) in [6, 6.07) is 46.2. The van der Waals surface area contributed by atoms with Crippen LogP contribution < -0.4 is 0 Å². The molecule has 0 spiro atoms. The highest BCUT2D eigenvalue weighted by molar-refractivity contribution is 7.92. The lowest BCUT2D eigenvalue weighted by Crippen LogP contribution is -2.24. The van der Waals surface area contributed by atoms with E-state index in [1.54, 1.807) is 93.8 Å². The van der Waals surface area contributed by atoms with E-state index in [0.717, 1.165) is 112 Å². The monoisotopic (exact) mass is 1470 g/mol. The number of fused-ring (bicyclic) bond motifs is 4. The van der Waals surface area contributed by atoms with Crippen LogP contribution in [0.2, 0.25) is 0 Å². The van der Waals surface area contributed by atoms with E-state index in [0.29, 0.717) is 51.6 Å². The highest BCUT2D eigenvalue weighted by atomic mass is 32.2. The Labute approximate surface area is 624 Å². The number of aryl methyl sites for hydroxylation is 6. The standard InChI is InChI=1S/C23H24N4O2.C22H22N4OS.C20H23N3O3S.C18H19N3O2/c1-14-19(15(2)29-26-14)16-7-9-17(10-8-16)23(11-12-23)21-25-24-20-18(22(3,4)28)6-5-13-27(20)21;1-14-18(28-13-23-14)15-6-8-16(9-7-15)22(10-11-22)20-25-24-19-17(21(2,3)27)5-4-12-26(19)20;1-13-7-8-15(12-14(13)2)27(25,26)20(9-10-20)18-22-21-17-16(19(3,4)24)6-5-11-23(17)18;1-12-4-6-13(7-5-12)18(8-9-18)17-20-19-16-14(15(23)11-22)3-2-10-21(16)17/h5-10,13,28H,11-12H2,1-4H3;4-9,12-13,27H,10-11H2,1-3H3;5-8,11-12,24H,9-10H2,1-4H3;2-7,10,15,22-23H,8-9,11H2,1H3. The number of nitrogens with zero attached hydrogens (tertiary/aromatic N) is 14. The quantitative estimate of drug-likeness (QED) is 0.0600. The maximum absolute atomic E-state index is 13.5. The zero-order chi connectivity index (χ0) is 75.5. The third-order valence-electron chi connectivity index (χ3n) is 22.0. The molecule has 4 aliphatic rings. The van der Waals surface area contributed by atoms with Gasteiger partial charge in [0.1, 0.15) is 34.1 Å². The Balaban J connectivity index is 0.000000114. The number of hydrogen-bond donors (Lipinski definition) is 5. The predicted molar refractivity (Wildman–Crippen MR) is 409 cm³/mol. The highest BCUT2D eigenvalue weighted by Crippen LogP contribution is 2.57. The SMILES string of the molecule is Cc1ccc(C2(c3nnc4c(C(O)CO)cccn34)CC2)cc1.Cc1ccc(S(=O)(=O)C2(c3nnc4c(C(C)(C)O)cccn34)CC2)cc1C.Cc1ncsc1-c1ccc(C2(c3nnc4c(C(C)(C)O)cccn34)CC2)cc1.Cc1noc(C)c1-c1ccc(C2(c3nnc4c(C(C)(C)O)cccn34)CC2)cc1. The Morgan fingerprint density at radius 3 is 1.29 bits per heavy atom. The van der Waals surface area contributed by atoms with E-state index in [-0.39, 0.29) is 22.9 Å². The first-order valence-electron chi connectivity index (χ1n) is 36.2. The fourth-order valence-corrected chi connectivity index (χ4v) is 18.0. The summed E-state index contributed by atoms with van der Waals surface area (Å²) in [5.74, 6) is 4.04. The number of hydrogen-bond acceptors (Lipinski definition) is 19. The maximum Gasteiger partial charge on any atom is 0.191 e. The van der Waals surface area contributed by atoms with Crippen molar-refractivity contribution in [2.24, 2.45) is 0 Å². The van der Waals surface area contributed by atoms with E-state index in [1.807, 2.05) is 108 Å². The van der Waals surface area contributed by atoms with Gasteiger partial charge in [-0.3, -0.25) is 17.6 Å². The molecule has 24 heteroatoms. The molecule has 18 rings (SSSR count). The summed E-state index contributed by atoms with van der Waals surface area (Å²) in [5.41, 5.74) is 16.2. The van der Waals surface area contributed by atoms with Crippen LogP contribution in [0.1, 0.15) is 195 Å². The Morgan fingerprint density at radius 1 is 0.486 bits per heavy atom. The molecule has 4 saturated carbocycles. The van der Waals surface area contributed by atoms with Crippen LogP contribution in [0.4, 0.5) is 0 Å². The topological polar surface area (TPSA) is 295 Å². The molecule has 10 heterocycles. The van der Waals surface area contributed by atoms with Crippen LogP contribution >= 0.6 is 11.3 Å². The fourth-order valence-electron chi connectivity index (χ4n) is 15.1. The molecule has 22 nitrogen and oxygen atoms in total. The van der Waals surface area contributed by atoms with Gasteiger partial charge in [0.05, 0.1) is 66.3 Å². The molecule has 4 aliphatic carbocycles. The van der Waals surface area contributed by atoms with Gasteiger partial charge in [-0.25, -0.2) is 13.4 Å². The number of aliphatic hydroxyl groups is 5. The van der Waals surface area contributed by atoms with Gasteiger partial charge in [0.25, 0.3) is 0 Å². The van der Waals surface area contributed by atoms with Crippen molar-refractivity contribution in [3.8, 4) is 21.6 Å². The summed E-state index contributed by atoms with van der Waals surface area (Å²) in [6.45, 7) is 22.0. The molecule has 0 aliphatic heterocycles. The molecule has 1 unspecified atom stereocenters. The van der Waals surface area contributed by atoms with Gasteiger partial charge in [0.15, 0.2) is 38.3 Å². The van der Waals surface area contributed by atoms with Crippen LogP contribution in [-0.2, 0) is 47.6 Å². The van der Waals surface area contributed by atoms with Crippen LogP contribution in [0.5, 0.6) is 0 Å². The summed E-state index contributed by atoms with van der Waals surface area (Å²) in [7, 11) is -3.62. The molecule has 0 amide bonds. The first-order valence-corrected chi connectivity index (χ1v) is 38.6. The van der Waals surface area contributed by atoms with Crippen molar-refractivity contribution in [3.05, 3.63) is 266 Å². The molecule has 4 fully saturated rings. The van der Waals surface area contributed by atoms with Crippen LogP contribution in [-0.4, -0.2) is 109 Å². The van der Waals surface area contributed by atoms with Crippen molar-refractivity contribution >= 4 is 43.8 Å². The van der Waals surface area contributed by atoms with Gasteiger partial charge < -0.3 is 30.1 Å². The summed E-state index contributed by atoms with van der Waals surface area (Å²) in [6.07, 6.45) is 14.0. The molecule has 550 valence electrons. The van der Waals surface area contributed by atoms with Gasteiger partial charge in [-0.15, -0.1) is 52.1 Å². The molecule has 10 aromatic heterocycles. The van der Waals surface area contributed by atoms with Gasteiger partial charge in [-0.2, -0.15) is 0 Å². The fraction of sp³-hybridized carbons (Fsp3) is 0.349. The van der Waals surface area contributed by atoms with Crippen molar-refractivity contribution < 1.29 is 38.5 Å². The molecule has 4 aromatic carbocycles. The number of aliphatic hydroxyl groups excluding tert-OH is 2. The largest absolute Gasteiger partial charge is 0.393 e. The normalized spacial score (nSPS) is 16.3. The van der Waals surface area contributed by atoms with Crippen LogP contribution in [0, 0.1) is 41.5 Å². The summed E-state index contributed by atoms with van der Waals surface area (Å²) in [4.78, 5) is 5.90. The molecule has 107 heavy (non-hydrogen) atoms. The Morgan fingerprint density at radius 2 is 0.897 bits per heavy atom.